The standard InChI is InChI=1S/C11H18N2O/c1-2-7-12-8-5-10-13-9-4-3-6-11(13)14/h3-4,6,9,12H,2,5,7-8,10H2,1H3. The predicted molar refractivity (Wildman–Crippen MR) is 58.5 cm³/mol. The van der Waals surface area contributed by atoms with Crippen molar-refractivity contribution >= 4 is 0 Å². The molecule has 3 heteroatoms. The maximum absolute atomic E-state index is 11.3. The fourth-order valence-electron chi connectivity index (χ4n) is 1.32. The van der Waals surface area contributed by atoms with E-state index in [4.69, 9.17) is 0 Å². The van der Waals surface area contributed by atoms with Crippen molar-refractivity contribution in [3.8, 4) is 0 Å². The number of aromatic nitrogens is 1. The second-order valence-corrected chi connectivity index (χ2v) is 3.34. The smallest absolute Gasteiger partial charge is 0.250 e. The molecule has 0 saturated carbocycles. The van der Waals surface area contributed by atoms with Crippen LogP contribution < -0.4 is 10.9 Å². The summed E-state index contributed by atoms with van der Waals surface area (Å²) in [6.07, 6.45) is 4.00. The molecule has 1 rings (SSSR count). The molecule has 0 fully saturated rings. The van der Waals surface area contributed by atoms with Crippen molar-refractivity contribution in [2.24, 2.45) is 0 Å². The number of hydrogen-bond donors (Lipinski definition) is 1. The molecule has 0 radical (unpaired) electrons. The lowest BCUT2D eigenvalue weighted by molar-refractivity contribution is 0.568. The summed E-state index contributed by atoms with van der Waals surface area (Å²) in [4.78, 5) is 11.3. The lowest BCUT2D eigenvalue weighted by Crippen LogP contribution is -2.22. The summed E-state index contributed by atoms with van der Waals surface area (Å²) in [6.45, 7) is 4.99. The lowest BCUT2D eigenvalue weighted by Gasteiger charge is -2.05. The minimum atomic E-state index is 0.0861. The zero-order valence-electron chi connectivity index (χ0n) is 8.70. The Labute approximate surface area is 84.8 Å². The van der Waals surface area contributed by atoms with Crippen LogP contribution in [0.4, 0.5) is 0 Å². The fraction of sp³-hybridized carbons (Fsp3) is 0.545. The van der Waals surface area contributed by atoms with Crippen LogP contribution in [0.5, 0.6) is 0 Å². The molecule has 0 aromatic carbocycles. The summed E-state index contributed by atoms with van der Waals surface area (Å²) in [6, 6.07) is 5.26. The van der Waals surface area contributed by atoms with E-state index in [1.807, 2.05) is 12.3 Å². The van der Waals surface area contributed by atoms with Crippen LogP contribution in [-0.2, 0) is 6.54 Å². The molecular formula is C11H18N2O. The third-order valence-electron chi connectivity index (χ3n) is 2.08. The topological polar surface area (TPSA) is 34.0 Å². The highest BCUT2D eigenvalue weighted by Gasteiger charge is 1.92. The Morgan fingerprint density at radius 3 is 2.93 bits per heavy atom. The molecule has 14 heavy (non-hydrogen) atoms. The van der Waals surface area contributed by atoms with Crippen molar-refractivity contribution in [1.29, 1.82) is 0 Å². The van der Waals surface area contributed by atoms with Crippen LogP contribution in [0.2, 0.25) is 0 Å². The van der Waals surface area contributed by atoms with Crippen LogP contribution in [0.25, 0.3) is 0 Å². The predicted octanol–water partition coefficient (Wildman–Crippen LogP) is 1.24. The minimum Gasteiger partial charge on any atom is -0.317 e. The number of hydrogen-bond acceptors (Lipinski definition) is 2. The van der Waals surface area contributed by atoms with Gasteiger partial charge in [0.15, 0.2) is 0 Å². The summed E-state index contributed by atoms with van der Waals surface area (Å²) in [5, 5.41) is 3.31. The van der Waals surface area contributed by atoms with Gasteiger partial charge in [-0.2, -0.15) is 0 Å². The van der Waals surface area contributed by atoms with E-state index in [0.717, 1.165) is 32.5 Å². The molecule has 0 saturated heterocycles. The number of nitrogens with zero attached hydrogens (tertiary/aromatic N) is 1. The molecule has 0 aliphatic carbocycles. The average Bonchev–Trinajstić information content (AvgIpc) is 2.20. The second kappa shape index (κ2) is 6.38. The highest BCUT2D eigenvalue weighted by molar-refractivity contribution is 4.92. The molecule has 0 aliphatic heterocycles. The minimum absolute atomic E-state index is 0.0861. The molecule has 1 heterocycles. The first kappa shape index (κ1) is 11.0. The summed E-state index contributed by atoms with van der Waals surface area (Å²) in [5.74, 6) is 0. The molecule has 78 valence electrons. The van der Waals surface area contributed by atoms with E-state index in [0.29, 0.717) is 0 Å². The Balaban J connectivity index is 2.25. The van der Waals surface area contributed by atoms with Gasteiger partial charge in [-0.3, -0.25) is 4.79 Å². The van der Waals surface area contributed by atoms with Crippen LogP contribution in [0.15, 0.2) is 29.2 Å². The van der Waals surface area contributed by atoms with Crippen molar-refractivity contribution < 1.29 is 0 Å². The largest absolute Gasteiger partial charge is 0.317 e. The quantitative estimate of drug-likeness (QED) is 0.691. The second-order valence-electron chi connectivity index (χ2n) is 3.34. The van der Waals surface area contributed by atoms with E-state index < -0.39 is 0 Å². The van der Waals surface area contributed by atoms with Crippen molar-refractivity contribution in [3.05, 3.63) is 34.7 Å². The fourth-order valence-corrected chi connectivity index (χ4v) is 1.32. The lowest BCUT2D eigenvalue weighted by atomic mass is 10.3. The third kappa shape index (κ3) is 3.75. The van der Waals surface area contributed by atoms with Gasteiger partial charge in [0.1, 0.15) is 0 Å². The van der Waals surface area contributed by atoms with Gasteiger partial charge in [-0.25, -0.2) is 0 Å². The third-order valence-corrected chi connectivity index (χ3v) is 2.08. The first-order chi connectivity index (χ1) is 6.84. The van der Waals surface area contributed by atoms with Gasteiger partial charge in [-0.1, -0.05) is 13.0 Å². The summed E-state index contributed by atoms with van der Waals surface area (Å²) < 4.78 is 1.74. The number of nitrogens with one attached hydrogen (secondary N) is 1. The highest BCUT2D eigenvalue weighted by atomic mass is 16.1. The van der Waals surface area contributed by atoms with Crippen LogP contribution in [0, 0.1) is 0 Å². The van der Waals surface area contributed by atoms with Crippen molar-refractivity contribution in [2.75, 3.05) is 13.1 Å². The maximum atomic E-state index is 11.3. The van der Waals surface area contributed by atoms with Gasteiger partial charge in [0.2, 0.25) is 5.56 Å². The first-order valence-corrected chi connectivity index (χ1v) is 5.21. The Kier molecular flexibility index (Phi) is 5.00. The van der Waals surface area contributed by atoms with Gasteiger partial charge in [-0.05, 0) is 32.0 Å². The average molecular weight is 194 g/mol. The number of rotatable bonds is 6. The maximum Gasteiger partial charge on any atom is 0.250 e. The zero-order valence-corrected chi connectivity index (χ0v) is 8.70. The summed E-state index contributed by atoms with van der Waals surface area (Å²) in [7, 11) is 0. The van der Waals surface area contributed by atoms with Gasteiger partial charge >= 0.3 is 0 Å². The van der Waals surface area contributed by atoms with E-state index in [1.165, 1.54) is 0 Å². The number of aryl methyl sites for hydroxylation is 1. The molecule has 0 amide bonds. The summed E-state index contributed by atoms with van der Waals surface area (Å²) >= 11 is 0. The SMILES string of the molecule is CCCNCCCn1ccccc1=O. The van der Waals surface area contributed by atoms with Gasteiger partial charge in [0.05, 0.1) is 0 Å². The van der Waals surface area contributed by atoms with Crippen molar-refractivity contribution in [2.45, 2.75) is 26.3 Å². The molecule has 1 aromatic rings. The Morgan fingerprint density at radius 2 is 2.21 bits per heavy atom. The molecule has 1 aromatic heterocycles. The van der Waals surface area contributed by atoms with E-state index in [2.05, 4.69) is 12.2 Å². The van der Waals surface area contributed by atoms with Crippen molar-refractivity contribution in [1.82, 2.24) is 9.88 Å². The molecule has 0 atom stereocenters. The van der Waals surface area contributed by atoms with Crippen molar-refractivity contribution in [3.63, 3.8) is 0 Å². The molecule has 0 spiro atoms. The Bertz CT molecular complexity index is 306. The first-order valence-electron chi connectivity index (χ1n) is 5.21. The van der Waals surface area contributed by atoms with Crippen LogP contribution >= 0.6 is 0 Å². The zero-order chi connectivity index (χ0) is 10.2. The normalized spacial score (nSPS) is 10.4. The molecule has 3 nitrogen and oxygen atoms in total. The molecule has 0 bridgehead atoms. The van der Waals surface area contributed by atoms with Gasteiger partial charge in [-0.15, -0.1) is 0 Å². The number of pyridine rings is 1. The van der Waals surface area contributed by atoms with Crippen LogP contribution in [0.3, 0.4) is 0 Å². The van der Waals surface area contributed by atoms with Crippen LogP contribution in [0.1, 0.15) is 19.8 Å². The van der Waals surface area contributed by atoms with Crippen LogP contribution in [-0.4, -0.2) is 17.7 Å². The van der Waals surface area contributed by atoms with E-state index in [9.17, 15) is 4.79 Å². The van der Waals surface area contributed by atoms with E-state index in [1.54, 1.807) is 16.7 Å². The van der Waals surface area contributed by atoms with Gasteiger partial charge < -0.3 is 9.88 Å². The molecule has 0 unspecified atom stereocenters. The Hall–Kier alpha value is -1.09. The summed E-state index contributed by atoms with van der Waals surface area (Å²) in [5.41, 5.74) is 0.0861. The van der Waals surface area contributed by atoms with E-state index >= 15 is 0 Å². The van der Waals surface area contributed by atoms with Gasteiger partial charge in [0.25, 0.3) is 0 Å². The molecule has 0 aliphatic rings. The highest BCUT2D eigenvalue weighted by Crippen LogP contribution is 1.86. The molecule has 1 N–H and O–H groups in total. The van der Waals surface area contributed by atoms with Gasteiger partial charge in [0, 0.05) is 18.8 Å². The van der Waals surface area contributed by atoms with E-state index in [-0.39, 0.29) is 5.56 Å². The monoisotopic (exact) mass is 194 g/mol. The Morgan fingerprint density at radius 1 is 1.36 bits per heavy atom. The molecular weight excluding hydrogens is 176 g/mol.